The molecule has 0 saturated heterocycles. The number of thioether (sulfide) groups is 1. The average molecular weight is 360 g/mol. The molecule has 1 amide bonds. The average Bonchev–Trinajstić information content (AvgIpc) is 2.55. The van der Waals surface area contributed by atoms with Gasteiger partial charge in [0.15, 0.2) is 0 Å². The molecule has 2 aromatic rings. The van der Waals surface area contributed by atoms with Crippen molar-refractivity contribution in [2.45, 2.75) is 38.5 Å². The van der Waals surface area contributed by atoms with E-state index in [4.69, 9.17) is 5.73 Å². The standard InChI is InChI=1S/C17H24N6OS/c1-4-17(2,3)23-14(24)11-25-10-13-20-15(18)22-16(21-13)19-12-8-6-5-7-9-12/h5-9H,4,10-11H2,1-3H3,(H,23,24)(H3,18,19,20,21,22). The quantitative estimate of drug-likeness (QED) is 0.664. The Morgan fingerprint density at radius 1 is 1.20 bits per heavy atom. The second-order valence-corrected chi connectivity index (χ2v) is 7.19. The maximum Gasteiger partial charge on any atom is 0.232 e. The second-order valence-electron chi connectivity index (χ2n) is 6.20. The smallest absolute Gasteiger partial charge is 0.232 e. The number of nitrogen functional groups attached to an aromatic ring is 1. The lowest BCUT2D eigenvalue weighted by atomic mass is 10.0. The Bertz CT molecular complexity index is 708. The number of amides is 1. The third kappa shape index (κ3) is 6.58. The van der Waals surface area contributed by atoms with E-state index in [9.17, 15) is 4.79 Å². The number of nitrogens with zero attached hydrogens (tertiary/aromatic N) is 3. The fourth-order valence-electron chi connectivity index (χ4n) is 1.95. The van der Waals surface area contributed by atoms with Gasteiger partial charge in [0.1, 0.15) is 5.82 Å². The van der Waals surface area contributed by atoms with Gasteiger partial charge in [0.25, 0.3) is 0 Å². The summed E-state index contributed by atoms with van der Waals surface area (Å²) in [6, 6.07) is 9.59. The number of anilines is 3. The van der Waals surface area contributed by atoms with Gasteiger partial charge in [0.05, 0.1) is 11.5 Å². The fraction of sp³-hybridized carbons (Fsp3) is 0.412. The van der Waals surface area contributed by atoms with Gasteiger partial charge in [-0.25, -0.2) is 0 Å². The van der Waals surface area contributed by atoms with E-state index in [-0.39, 0.29) is 17.4 Å². The van der Waals surface area contributed by atoms with E-state index in [1.807, 2.05) is 51.1 Å². The minimum Gasteiger partial charge on any atom is -0.368 e. The van der Waals surface area contributed by atoms with Crippen LogP contribution >= 0.6 is 11.8 Å². The number of benzene rings is 1. The zero-order valence-corrected chi connectivity index (χ0v) is 15.6. The summed E-state index contributed by atoms with van der Waals surface area (Å²) >= 11 is 1.44. The molecule has 0 aliphatic heterocycles. The Labute approximate surface area is 152 Å². The van der Waals surface area contributed by atoms with Crippen LogP contribution in [0, 0.1) is 0 Å². The van der Waals surface area contributed by atoms with Gasteiger partial charge >= 0.3 is 0 Å². The summed E-state index contributed by atoms with van der Waals surface area (Å²) in [4.78, 5) is 24.5. The molecule has 1 aromatic carbocycles. The molecule has 0 fully saturated rings. The Morgan fingerprint density at radius 2 is 1.92 bits per heavy atom. The zero-order chi connectivity index (χ0) is 18.3. The largest absolute Gasteiger partial charge is 0.368 e. The first kappa shape index (κ1) is 19.0. The topological polar surface area (TPSA) is 106 Å². The third-order valence-corrected chi connectivity index (χ3v) is 4.48. The van der Waals surface area contributed by atoms with Gasteiger partial charge in [0.2, 0.25) is 17.8 Å². The molecule has 1 aromatic heterocycles. The first-order chi connectivity index (χ1) is 11.9. The number of carbonyl (C=O) groups excluding carboxylic acids is 1. The van der Waals surface area contributed by atoms with E-state index < -0.39 is 0 Å². The highest BCUT2D eigenvalue weighted by Crippen LogP contribution is 2.15. The van der Waals surface area contributed by atoms with Crippen LogP contribution in [0.15, 0.2) is 30.3 Å². The van der Waals surface area contributed by atoms with Crippen LogP contribution in [0.5, 0.6) is 0 Å². The molecule has 2 rings (SSSR count). The molecule has 0 aliphatic rings. The zero-order valence-electron chi connectivity index (χ0n) is 14.7. The van der Waals surface area contributed by atoms with Crippen molar-refractivity contribution in [1.29, 1.82) is 0 Å². The maximum atomic E-state index is 12.0. The van der Waals surface area contributed by atoms with E-state index in [0.29, 0.717) is 23.3 Å². The van der Waals surface area contributed by atoms with Crippen molar-refractivity contribution < 1.29 is 4.79 Å². The van der Waals surface area contributed by atoms with Gasteiger partial charge in [0, 0.05) is 11.2 Å². The molecule has 1 heterocycles. The van der Waals surface area contributed by atoms with E-state index in [2.05, 4.69) is 25.6 Å². The van der Waals surface area contributed by atoms with Crippen molar-refractivity contribution in [2.75, 3.05) is 16.8 Å². The number of carbonyl (C=O) groups is 1. The van der Waals surface area contributed by atoms with Gasteiger partial charge in [-0.2, -0.15) is 15.0 Å². The highest BCUT2D eigenvalue weighted by Gasteiger charge is 2.17. The van der Waals surface area contributed by atoms with Crippen molar-refractivity contribution in [1.82, 2.24) is 20.3 Å². The van der Waals surface area contributed by atoms with Crippen LogP contribution in [0.3, 0.4) is 0 Å². The molecule has 25 heavy (non-hydrogen) atoms. The molecule has 0 saturated carbocycles. The van der Waals surface area contributed by atoms with Crippen LogP contribution < -0.4 is 16.4 Å². The lowest BCUT2D eigenvalue weighted by Gasteiger charge is -2.24. The SMILES string of the molecule is CCC(C)(C)NC(=O)CSCc1nc(N)nc(Nc2ccccc2)n1. The normalized spacial score (nSPS) is 11.2. The van der Waals surface area contributed by atoms with Crippen LogP contribution in [-0.2, 0) is 10.5 Å². The summed E-state index contributed by atoms with van der Waals surface area (Å²) in [6.07, 6.45) is 0.877. The number of hydrogen-bond acceptors (Lipinski definition) is 7. The fourth-order valence-corrected chi connectivity index (χ4v) is 2.62. The minimum atomic E-state index is -0.192. The molecular weight excluding hydrogens is 336 g/mol. The summed E-state index contributed by atoms with van der Waals surface area (Å²) in [5, 5.41) is 6.09. The number of aromatic nitrogens is 3. The molecule has 4 N–H and O–H groups in total. The molecule has 0 spiro atoms. The van der Waals surface area contributed by atoms with Crippen molar-refractivity contribution in [3.8, 4) is 0 Å². The molecular formula is C17H24N6OS. The molecule has 0 bridgehead atoms. The lowest BCUT2D eigenvalue weighted by molar-refractivity contribution is -0.120. The molecule has 134 valence electrons. The van der Waals surface area contributed by atoms with Gasteiger partial charge in [-0.05, 0) is 32.4 Å². The maximum absolute atomic E-state index is 12.0. The number of nitrogens with one attached hydrogen (secondary N) is 2. The Balaban J connectivity index is 1.91. The van der Waals surface area contributed by atoms with Crippen molar-refractivity contribution in [2.24, 2.45) is 0 Å². The first-order valence-corrected chi connectivity index (χ1v) is 9.24. The molecule has 0 radical (unpaired) electrons. The van der Waals surface area contributed by atoms with E-state index in [1.54, 1.807) is 0 Å². The number of rotatable bonds is 8. The molecule has 8 heteroatoms. The molecule has 0 aliphatic carbocycles. The third-order valence-electron chi connectivity index (χ3n) is 3.55. The van der Waals surface area contributed by atoms with Gasteiger partial charge < -0.3 is 16.4 Å². The number of hydrogen-bond donors (Lipinski definition) is 3. The van der Waals surface area contributed by atoms with Crippen LogP contribution in [0.1, 0.15) is 33.0 Å². The first-order valence-electron chi connectivity index (χ1n) is 8.09. The Hall–Kier alpha value is -2.35. The molecule has 0 atom stereocenters. The van der Waals surface area contributed by atoms with Crippen molar-refractivity contribution >= 4 is 35.3 Å². The van der Waals surface area contributed by atoms with Crippen LogP contribution in [0.25, 0.3) is 0 Å². The van der Waals surface area contributed by atoms with Gasteiger partial charge in [-0.15, -0.1) is 11.8 Å². The summed E-state index contributed by atoms with van der Waals surface area (Å²) in [7, 11) is 0. The summed E-state index contributed by atoms with van der Waals surface area (Å²) < 4.78 is 0. The number of para-hydroxylation sites is 1. The predicted octanol–water partition coefficient (Wildman–Crippen LogP) is 2.74. The summed E-state index contributed by atoms with van der Waals surface area (Å²) in [5.41, 5.74) is 6.43. The van der Waals surface area contributed by atoms with Gasteiger partial charge in [-0.1, -0.05) is 25.1 Å². The van der Waals surface area contributed by atoms with E-state index in [1.165, 1.54) is 11.8 Å². The predicted molar refractivity (Wildman–Crippen MR) is 103 cm³/mol. The van der Waals surface area contributed by atoms with Gasteiger partial charge in [-0.3, -0.25) is 4.79 Å². The minimum absolute atomic E-state index is 0.00140. The summed E-state index contributed by atoms with van der Waals surface area (Å²) in [6.45, 7) is 6.05. The van der Waals surface area contributed by atoms with E-state index >= 15 is 0 Å². The molecule has 0 unspecified atom stereocenters. The van der Waals surface area contributed by atoms with Crippen LogP contribution in [0.2, 0.25) is 0 Å². The highest BCUT2D eigenvalue weighted by molar-refractivity contribution is 7.99. The monoisotopic (exact) mass is 360 g/mol. The highest BCUT2D eigenvalue weighted by atomic mass is 32.2. The Morgan fingerprint density at radius 3 is 2.60 bits per heavy atom. The second kappa shape index (κ2) is 8.66. The molecule has 7 nitrogen and oxygen atoms in total. The van der Waals surface area contributed by atoms with Crippen LogP contribution in [-0.4, -0.2) is 32.2 Å². The van der Waals surface area contributed by atoms with E-state index in [0.717, 1.165) is 12.1 Å². The van der Waals surface area contributed by atoms with Crippen molar-refractivity contribution in [3.63, 3.8) is 0 Å². The lowest BCUT2D eigenvalue weighted by Crippen LogP contribution is -2.43. The number of nitrogens with two attached hydrogens (primary N) is 1. The summed E-state index contributed by atoms with van der Waals surface area (Å²) in [5.74, 6) is 1.92. The Kier molecular flexibility index (Phi) is 6.58. The van der Waals surface area contributed by atoms with Crippen molar-refractivity contribution in [3.05, 3.63) is 36.2 Å². The van der Waals surface area contributed by atoms with Crippen LogP contribution in [0.4, 0.5) is 17.6 Å².